The van der Waals surface area contributed by atoms with Crippen molar-refractivity contribution < 1.29 is 5.21 Å². The fourth-order valence-corrected chi connectivity index (χ4v) is 0.819. The number of nitrogens with zero attached hydrogens (tertiary/aromatic N) is 4. The van der Waals surface area contributed by atoms with Gasteiger partial charge in [0.05, 0.1) is 12.4 Å². The van der Waals surface area contributed by atoms with E-state index >= 15 is 0 Å². The van der Waals surface area contributed by atoms with E-state index < -0.39 is 0 Å². The van der Waals surface area contributed by atoms with Gasteiger partial charge in [-0.2, -0.15) is 4.52 Å². The zero-order chi connectivity index (χ0) is 7.14. The van der Waals surface area contributed by atoms with Crippen LogP contribution in [0.25, 0.3) is 5.52 Å². The first-order valence-corrected chi connectivity index (χ1v) is 2.65. The monoisotopic (exact) mass is 139 g/mol. The highest BCUT2D eigenvalue weighted by Gasteiger charge is 2.03. The normalized spacial score (nSPS) is 10.8. The van der Waals surface area contributed by atoms with E-state index in [1.165, 1.54) is 16.9 Å². The van der Waals surface area contributed by atoms with E-state index in [1.54, 1.807) is 0 Å². The van der Waals surface area contributed by atoms with Gasteiger partial charge in [0.2, 0.25) is 5.95 Å². The quantitative estimate of drug-likeness (QED) is 0.475. The summed E-state index contributed by atoms with van der Waals surface area (Å²) < 4.78 is 1.28. The third kappa shape index (κ3) is 0.426. The lowest BCUT2D eigenvalue weighted by molar-refractivity contribution is 0.100. The van der Waals surface area contributed by atoms with Gasteiger partial charge in [-0.25, -0.2) is 4.98 Å². The van der Waals surface area contributed by atoms with Crippen LogP contribution in [0.4, 0.5) is 5.95 Å². The smallest absolute Gasteiger partial charge is 0.224 e. The molecule has 2 heterocycles. The molecule has 0 spiro atoms. The van der Waals surface area contributed by atoms with Crippen LogP contribution in [0.2, 0.25) is 0 Å². The maximum absolute atomic E-state index is 8.93. The predicted molar refractivity (Wildman–Crippen MR) is 32.6 cm³/mol. The zero-order valence-corrected chi connectivity index (χ0v) is 4.97. The van der Waals surface area contributed by atoms with Crippen molar-refractivity contribution >= 4 is 11.5 Å². The number of aromatic nitrogens is 4. The van der Waals surface area contributed by atoms with Crippen LogP contribution in [-0.2, 0) is 0 Å². The van der Waals surface area contributed by atoms with Crippen molar-refractivity contribution in [3.05, 3.63) is 12.4 Å². The summed E-state index contributed by atoms with van der Waals surface area (Å²) in [5.41, 5.74) is 6.02. The minimum Gasteiger partial charge on any atom is -0.397 e. The van der Waals surface area contributed by atoms with Crippen molar-refractivity contribution in [2.75, 3.05) is 5.73 Å². The maximum atomic E-state index is 8.93. The van der Waals surface area contributed by atoms with Crippen molar-refractivity contribution in [1.82, 2.24) is 19.6 Å². The predicted octanol–water partition coefficient (Wildman–Crippen LogP) is -0.650. The van der Waals surface area contributed by atoms with Crippen LogP contribution < -0.4 is 5.73 Å². The Balaban J connectivity index is 2.98. The van der Waals surface area contributed by atoms with Crippen LogP contribution in [0.15, 0.2) is 12.4 Å². The SMILES string of the molecule is Nc1ncc2cnn(O)n12. The van der Waals surface area contributed by atoms with E-state index in [2.05, 4.69) is 10.1 Å². The van der Waals surface area contributed by atoms with Gasteiger partial charge < -0.3 is 10.9 Å². The standard InChI is InChI=1S/C4H5N5O/c5-4-6-1-3-2-7-9(10)8(3)4/h1-2,10H,(H2,5,6). The van der Waals surface area contributed by atoms with Crippen molar-refractivity contribution in [2.24, 2.45) is 0 Å². The lowest BCUT2D eigenvalue weighted by Gasteiger charge is -1.90. The molecule has 3 N–H and O–H groups in total. The molecule has 0 unspecified atom stereocenters. The number of hydrogen-bond acceptors (Lipinski definition) is 4. The highest BCUT2D eigenvalue weighted by Crippen LogP contribution is 2.04. The molecule has 0 saturated heterocycles. The van der Waals surface area contributed by atoms with Crippen molar-refractivity contribution in [3.63, 3.8) is 0 Å². The largest absolute Gasteiger partial charge is 0.397 e. The van der Waals surface area contributed by atoms with E-state index in [-0.39, 0.29) is 5.95 Å². The summed E-state index contributed by atoms with van der Waals surface area (Å²) in [5.74, 6) is 0.218. The Morgan fingerprint density at radius 2 is 2.30 bits per heavy atom. The molecule has 6 heteroatoms. The van der Waals surface area contributed by atoms with Gasteiger partial charge >= 0.3 is 0 Å². The first-order valence-electron chi connectivity index (χ1n) is 2.65. The molecule has 2 aromatic heterocycles. The number of anilines is 1. The first-order chi connectivity index (χ1) is 4.79. The summed E-state index contributed by atoms with van der Waals surface area (Å²) in [6, 6.07) is 0. The number of imidazole rings is 1. The van der Waals surface area contributed by atoms with Crippen LogP contribution in [0, 0.1) is 0 Å². The number of fused-ring (bicyclic) bond motifs is 1. The summed E-state index contributed by atoms with van der Waals surface area (Å²) in [6.45, 7) is 0. The molecule has 2 rings (SSSR count). The summed E-state index contributed by atoms with van der Waals surface area (Å²) in [4.78, 5) is 4.37. The lowest BCUT2D eigenvalue weighted by Crippen LogP contribution is -2.05. The fraction of sp³-hybridized carbons (Fsp3) is 0. The van der Waals surface area contributed by atoms with Gasteiger partial charge in [-0.3, -0.25) is 0 Å². The molecule has 0 aliphatic heterocycles. The molecule has 0 aliphatic rings. The summed E-state index contributed by atoms with van der Waals surface area (Å²) in [7, 11) is 0. The topological polar surface area (TPSA) is 81.4 Å². The van der Waals surface area contributed by atoms with Crippen LogP contribution in [-0.4, -0.2) is 24.8 Å². The Kier molecular flexibility index (Phi) is 0.717. The third-order valence-corrected chi connectivity index (χ3v) is 1.26. The second kappa shape index (κ2) is 1.41. The minimum absolute atomic E-state index is 0.218. The molecular formula is C4H5N5O. The van der Waals surface area contributed by atoms with Gasteiger partial charge in [0, 0.05) is 0 Å². The van der Waals surface area contributed by atoms with Gasteiger partial charge in [-0.15, -0.1) is 5.10 Å². The van der Waals surface area contributed by atoms with E-state index in [9.17, 15) is 0 Å². The molecule has 0 amide bonds. The molecule has 0 atom stereocenters. The van der Waals surface area contributed by atoms with Crippen LogP contribution >= 0.6 is 0 Å². The Morgan fingerprint density at radius 1 is 1.50 bits per heavy atom. The van der Waals surface area contributed by atoms with E-state index in [4.69, 9.17) is 10.9 Å². The second-order valence-electron chi connectivity index (χ2n) is 1.87. The molecule has 2 aromatic rings. The fourth-order valence-electron chi connectivity index (χ4n) is 0.819. The molecule has 0 radical (unpaired) electrons. The molecule has 0 bridgehead atoms. The molecule has 6 nitrogen and oxygen atoms in total. The Hall–Kier alpha value is -1.72. The van der Waals surface area contributed by atoms with E-state index in [0.717, 1.165) is 0 Å². The summed E-state index contributed by atoms with van der Waals surface area (Å²) >= 11 is 0. The highest BCUT2D eigenvalue weighted by atomic mass is 16.5. The highest BCUT2D eigenvalue weighted by molar-refractivity contribution is 5.46. The summed E-state index contributed by atoms with van der Waals surface area (Å²) in [5, 5.41) is 12.5. The van der Waals surface area contributed by atoms with Crippen molar-refractivity contribution in [2.45, 2.75) is 0 Å². The van der Waals surface area contributed by atoms with Gasteiger partial charge in [0.1, 0.15) is 5.52 Å². The van der Waals surface area contributed by atoms with Crippen molar-refractivity contribution in [1.29, 1.82) is 0 Å². The van der Waals surface area contributed by atoms with E-state index in [1.807, 2.05) is 0 Å². The number of rotatable bonds is 0. The number of hydrogen-bond donors (Lipinski definition) is 2. The zero-order valence-electron chi connectivity index (χ0n) is 4.97. The molecule has 0 saturated carbocycles. The van der Waals surface area contributed by atoms with Gasteiger partial charge in [0.15, 0.2) is 0 Å². The van der Waals surface area contributed by atoms with Gasteiger partial charge in [0.25, 0.3) is 0 Å². The summed E-state index contributed by atoms with van der Waals surface area (Å²) in [6.07, 6.45) is 2.98. The molecule has 10 heavy (non-hydrogen) atoms. The Labute approximate surface area is 55.4 Å². The van der Waals surface area contributed by atoms with Crippen LogP contribution in [0.3, 0.4) is 0 Å². The maximum Gasteiger partial charge on any atom is 0.224 e. The lowest BCUT2D eigenvalue weighted by atomic mass is 10.7. The first kappa shape index (κ1) is 5.10. The molecular weight excluding hydrogens is 134 g/mol. The average molecular weight is 139 g/mol. The third-order valence-electron chi connectivity index (χ3n) is 1.26. The van der Waals surface area contributed by atoms with E-state index in [0.29, 0.717) is 10.5 Å². The number of nitrogen functional groups attached to an aromatic ring is 1. The van der Waals surface area contributed by atoms with Gasteiger partial charge in [-0.05, 0) is 4.96 Å². The minimum atomic E-state index is 0.218. The van der Waals surface area contributed by atoms with Crippen LogP contribution in [0.5, 0.6) is 0 Å². The average Bonchev–Trinajstić information content (AvgIpc) is 2.40. The number of nitrogens with two attached hydrogens (primary N) is 1. The second-order valence-corrected chi connectivity index (χ2v) is 1.87. The molecule has 0 aliphatic carbocycles. The van der Waals surface area contributed by atoms with Gasteiger partial charge in [-0.1, -0.05) is 0 Å². The van der Waals surface area contributed by atoms with Crippen LogP contribution in [0.1, 0.15) is 0 Å². The molecule has 0 fully saturated rings. The molecule has 0 aromatic carbocycles. The molecule has 52 valence electrons. The Bertz CT molecular complexity index is 329. The van der Waals surface area contributed by atoms with Crippen molar-refractivity contribution in [3.8, 4) is 0 Å². The Morgan fingerprint density at radius 3 is 3.00 bits per heavy atom.